The normalized spacial score (nSPS) is 10.5. The van der Waals surface area contributed by atoms with Crippen LogP contribution in [0.5, 0.6) is 11.5 Å². The molecule has 8 heteroatoms. The minimum absolute atomic E-state index is 0.177. The summed E-state index contributed by atoms with van der Waals surface area (Å²) in [5.74, 6) is 1.08. The van der Waals surface area contributed by atoms with Crippen molar-refractivity contribution in [1.29, 1.82) is 0 Å². The van der Waals surface area contributed by atoms with Gasteiger partial charge >= 0.3 is 0 Å². The number of nitrogens with one attached hydrogen (secondary N) is 1. The molecule has 0 aliphatic heterocycles. The van der Waals surface area contributed by atoms with Crippen molar-refractivity contribution in [2.75, 3.05) is 20.0 Å². The number of carbonyl (C=O) groups is 1. The topological polar surface area (TPSA) is 85.7 Å². The highest BCUT2D eigenvalue weighted by Crippen LogP contribution is 2.29. The number of benzene rings is 1. The molecular formula is C15H16N4O3S. The molecule has 1 N–H and O–H groups in total. The second-order valence-electron chi connectivity index (χ2n) is 4.20. The molecule has 0 fully saturated rings. The van der Waals surface area contributed by atoms with Crippen LogP contribution in [-0.4, -0.2) is 42.1 Å². The highest BCUT2D eigenvalue weighted by atomic mass is 32.2. The summed E-state index contributed by atoms with van der Waals surface area (Å²) in [6, 6.07) is 7.12. The lowest BCUT2D eigenvalue weighted by atomic mass is 10.2. The van der Waals surface area contributed by atoms with Crippen molar-refractivity contribution in [2.24, 2.45) is 5.10 Å². The number of nitrogens with zero attached hydrogens (tertiary/aromatic N) is 3. The number of hydrogen-bond donors (Lipinski definition) is 1. The van der Waals surface area contributed by atoms with Gasteiger partial charge in [-0.2, -0.15) is 5.10 Å². The SMILES string of the molecule is COc1cccc(/C=N\NC(=O)CSc2ncccn2)c1OC. The fourth-order valence-electron chi connectivity index (χ4n) is 1.71. The molecule has 0 aliphatic rings. The zero-order valence-electron chi connectivity index (χ0n) is 12.7. The summed E-state index contributed by atoms with van der Waals surface area (Å²) in [5, 5.41) is 4.47. The third kappa shape index (κ3) is 4.96. The van der Waals surface area contributed by atoms with Crippen LogP contribution in [-0.2, 0) is 4.79 Å². The van der Waals surface area contributed by atoms with E-state index in [0.717, 1.165) is 0 Å². The monoisotopic (exact) mass is 332 g/mol. The second kappa shape index (κ2) is 8.74. The number of methoxy groups -OCH3 is 2. The zero-order valence-corrected chi connectivity index (χ0v) is 13.5. The number of carbonyl (C=O) groups excluding carboxylic acids is 1. The van der Waals surface area contributed by atoms with Gasteiger partial charge in [0, 0.05) is 18.0 Å². The van der Waals surface area contributed by atoms with Crippen LogP contribution in [0.15, 0.2) is 46.9 Å². The van der Waals surface area contributed by atoms with Gasteiger partial charge in [-0.3, -0.25) is 4.79 Å². The average molecular weight is 332 g/mol. The Morgan fingerprint density at radius 2 is 2.04 bits per heavy atom. The number of hydrazone groups is 1. The van der Waals surface area contributed by atoms with Gasteiger partial charge in [-0.1, -0.05) is 17.8 Å². The number of para-hydroxylation sites is 1. The van der Waals surface area contributed by atoms with Gasteiger partial charge in [-0.15, -0.1) is 0 Å². The first-order valence-electron chi connectivity index (χ1n) is 6.67. The Kier molecular flexibility index (Phi) is 6.37. The molecule has 120 valence electrons. The van der Waals surface area contributed by atoms with Crippen molar-refractivity contribution in [3.8, 4) is 11.5 Å². The second-order valence-corrected chi connectivity index (χ2v) is 5.14. The molecule has 1 aromatic carbocycles. The van der Waals surface area contributed by atoms with Gasteiger partial charge in [-0.25, -0.2) is 15.4 Å². The smallest absolute Gasteiger partial charge is 0.250 e. The molecule has 1 heterocycles. The summed E-state index contributed by atoms with van der Waals surface area (Å²) < 4.78 is 10.5. The molecule has 7 nitrogen and oxygen atoms in total. The van der Waals surface area contributed by atoms with Gasteiger partial charge in [0.1, 0.15) is 0 Å². The summed E-state index contributed by atoms with van der Waals surface area (Å²) >= 11 is 1.24. The Morgan fingerprint density at radius 1 is 1.26 bits per heavy atom. The van der Waals surface area contributed by atoms with Crippen LogP contribution in [0.2, 0.25) is 0 Å². The molecule has 23 heavy (non-hydrogen) atoms. The van der Waals surface area contributed by atoms with E-state index in [9.17, 15) is 4.79 Å². The van der Waals surface area contributed by atoms with Crippen LogP contribution in [0.1, 0.15) is 5.56 Å². The lowest BCUT2D eigenvalue weighted by Crippen LogP contribution is -2.19. The third-order valence-electron chi connectivity index (χ3n) is 2.70. The lowest BCUT2D eigenvalue weighted by Gasteiger charge is -2.09. The van der Waals surface area contributed by atoms with E-state index in [1.165, 1.54) is 18.0 Å². The summed E-state index contributed by atoms with van der Waals surface area (Å²) in [6.07, 6.45) is 4.75. The highest BCUT2D eigenvalue weighted by Gasteiger charge is 2.07. The lowest BCUT2D eigenvalue weighted by molar-refractivity contribution is -0.118. The highest BCUT2D eigenvalue weighted by molar-refractivity contribution is 7.99. The molecule has 0 bridgehead atoms. The van der Waals surface area contributed by atoms with E-state index < -0.39 is 0 Å². The number of aromatic nitrogens is 2. The van der Waals surface area contributed by atoms with E-state index in [-0.39, 0.29) is 11.7 Å². The summed E-state index contributed by atoms with van der Waals surface area (Å²) in [5.41, 5.74) is 3.15. The Bertz CT molecular complexity index is 680. The number of thioether (sulfide) groups is 1. The molecule has 0 radical (unpaired) electrons. The fraction of sp³-hybridized carbons (Fsp3) is 0.200. The Hall–Kier alpha value is -2.61. The van der Waals surface area contributed by atoms with Gasteiger partial charge in [0.15, 0.2) is 16.7 Å². The summed E-state index contributed by atoms with van der Waals surface area (Å²) in [4.78, 5) is 19.8. The van der Waals surface area contributed by atoms with E-state index in [1.807, 2.05) is 12.1 Å². The quantitative estimate of drug-likeness (QED) is 0.360. The number of rotatable bonds is 7. The molecule has 2 aromatic rings. The predicted octanol–water partition coefficient (Wildman–Crippen LogP) is 1.74. The molecule has 2 rings (SSSR count). The standard InChI is InChI=1S/C15H16N4O3S/c1-21-12-6-3-5-11(14(12)22-2)9-18-19-13(20)10-23-15-16-7-4-8-17-15/h3-9H,10H2,1-2H3,(H,19,20)/b18-9-. The maximum atomic E-state index is 11.7. The first kappa shape index (κ1) is 16.8. The zero-order chi connectivity index (χ0) is 16.5. The minimum Gasteiger partial charge on any atom is -0.493 e. The molecule has 1 aromatic heterocycles. The number of ether oxygens (including phenoxy) is 2. The minimum atomic E-state index is -0.249. The largest absolute Gasteiger partial charge is 0.493 e. The van der Waals surface area contributed by atoms with Crippen molar-refractivity contribution in [3.63, 3.8) is 0 Å². The Morgan fingerprint density at radius 3 is 2.74 bits per heavy atom. The van der Waals surface area contributed by atoms with Gasteiger partial charge in [0.05, 0.1) is 26.2 Å². The van der Waals surface area contributed by atoms with Gasteiger partial charge < -0.3 is 9.47 Å². The third-order valence-corrected chi connectivity index (χ3v) is 3.58. The van der Waals surface area contributed by atoms with Crippen molar-refractivity contribution in [3.05, 3.63) is 42.2 Å². The van der Waals surface area contributed by atoms with Gasteiger partial charge in [-0.05, 0) is 18.2 Å². The summed E-state index contributed by atoms with van der Waals surface area (Å²) in [7, 11) is 3.10. The van der Waals surface area contributed by atoms with Gasteiger partial charge in [0.25, 0.3) is 5.91 Å². The van der Waals surface area contributed by atoms with Crippen molar-refractivity contribution in [2.45, 2.75) is 5.16 Å². The maximum Gasteiger partial charge on any atom is 0.250 e. The van der Waals surface area contributed by atoms with Crippen LogP contribution in [0.25, 0.3) is 0 Å². The first-order valence-corrected chi connectivity index (χ1v) is 7.66. The first-order chi connectivity index (χ1) is 11.2. The summed E-state index contributed by atoms with van der Waals surface area (Å²) in [6.45, 7) is 0. The molecule has 0 aliphatic carbocycles. The van der Waals surface area contributed by atoms with Gasteiger partial charge in [0.2, 0.25) is 0 Å². The van der Waals surface area contributed by atoms with Crippen LogP contribution in [0.3, 0.4) is 0 Å². The van der Waals surface area contributed by atoms with Crippen molar-refractivity contribution < 1.29 is 14.3 Å². The van der Waals surface area contributed by atoms with Crippen molar-refractivity contribution in [1.82, 2.24) is 15.4 Å². The van der Waals surface area contributed by atoms with Crippen molar-refractivity contribution >= 4 is 23.9 Å². The van der Waals surface area contributed by atoms with Crippen LogP contribution < -0.4 is 14.9 Å². The Labute approximate surface area is 138 Å². The maximum absolute atomic E-state index is 11.7. The molecule has 0 unspecified atom stereocenters. The van der Waals surface area contributed by atoms with Crippen LogP contribution in [0.4, 0.5) is 0 Å². The van der Waals surface area contributed by atoms with E-state index in [4.69, 9.17) is 9.47 Å². The van der Waals surface area contributed by atoms with E-state index in [0.29, 0.717) is 22.2 Å². The average Bonchev–Trinajstić information content (AvgIpc) is 2.60. The van der Waals surface area contributed by atoms with E-state index >= 15 is 0 Å². The molecular weight excluding hydrogens is 316 g/mol. The number of amides is 1. The van der Waals surface area contributed by atoms with Crippen LogP contribution >= 0.6 is 11.8 Å². The Balaban J connectivity index is 1.90. The molecule has 0 spiro atoms. The van der Waals surface area contributed by atoms with E-state index in [1.54, 1.807) is 38.7 Å². The van der Waals surface area contributed by atoms with E-state index in [2.05, 4.69) is 20.5 Å². The molecule has 0 saturated carbocycles. The van der Waals surface area contributed by atoms with Crippen LogP contribution in [0, 0.1) is 0 Å². The number of hydrogen-bond acceptors (Lipinski definition) is 7. The molecule has 0 saturated heterocycles. The molecule has 1 amide bonds. The predicted molar refractivity (Wildman–Crippen MR) is 88.0 cm³/mol. The molecule has 0 atom stereocenters. The fourth-order valence-corrected chi connectivity index (χ4v) is 2.31.